The van der Waals surface area contributed by atoms with Crippen LogP contribution >= 0.6 is 11.8 Å². The Bertz CT molecular complexity index is 388. The minimum Gasteiger partial charge on any atom is -0.313 e. The minimum atomic E-state index is 0.546. The van der Waals surface area contributed by atoms with Gasteiger partial charge in [-0.25, -0.2) is 0 Å². The Kier molecular flexibility index (Phi) is 4.24. The second-order valence-electron chi connectivity index (χ2n) is 5.27. The highest BCUT2D eigenvalue weighted by molar-refractivity contribution is 7.99. The molecule has 2 aliphatic rings. The average Bonchev–Trinajstić information content (AvgIpc) is 2.63. The van der Waals surface area contributed by atoms with Crippen LogP contribution in [0.25, 0.3) is 0 Å². The molecule has 98 valence electrons. The Morgan fingerprint density at radius 3 is 2.83 bits per heavy atom. The summed E-state index contributed by atoms with van der Waals surface area (Å²) in [6, 6.07) is 10.2. The van der Waals surface area contributed by atoms with Crippen LogP contribution in [0.1, 0.15) is 36.4 Å². The van der Waals surface area contributed by atoms with E-state index in [1.807, 2.05) is 0 Å². The molecule has 2 nitrogen and oxygen atoms in total. The SMILES string of the molecule is c1ccc2c(c1)CNCCC2NC1CCSCC1. The summed E-state index contributed by atoms with van der Waals surface area (Å²) in [5.74, 6) is 2.65. The molecule has 0 radical (unpaired) electrons. The Morgan fingerprint density at radius 1 is 1.11 bits per heavy atom. The van der Waals surface area contributed by atoms with Gasteiger partial charge in [-0.05, 0) is 48.4 Å². The Balaban J connectivity index is 1.74. The monoisotopic (exact) mass is 262 g/mol. The molecule has 0 saturated carbocycles. The molecule has 0 aromatic heterocycles. The molecule has 2 heterocycles. The second kappa shape index (κ2) is 6.09. The molecule has 1 aromatic rings. The van der Waals surface area contributed by atoms with Crippen molar-refractivity contribution in [1.82, 2.24) is 10.6 Å². The zero-order valence-electron chi connectivity index (χ0n) is 10.8. The molecule has 3 rings (SSSR count). The zero-order valence-corrected chi connectivity index (χ0v) is 11.6. The molecule has 2 aliphatic heterocycles. The first-order valence-electron chi connectivity index (χ1n) is 7.06. The standard InChI is InChI=1S/C15H22N2S/c1-2-4-14-12(3-1)11-16-8-5-15(14)17-13-6-9-18-10-7-13/h1-4,13,15-17H,5-11H2. The number of hydrogen-bond donors (Lipinski definition) is 2. The third kappa shape index (κ3) is 2.90. The molecule has 1 aromatic carbocycles. The molecule has 2 N–H and O–H groups in total. The summed E-state index contributed by atoms with van der Waals surface area (Å²) < 4.78 is 0. The summed E-state index contributed by atoms with van der Waals surface area (Å²) in [6.45, 7) is 2.14. The lowest BCUT2D eigenvalue weighted by Crippen LogP contribution is -2.36. The molecule has 1 unspecified atom stereocenters. The van der Waals surface area contributed by atoms with Crippen molar-refractivity contribution in [2.45, 2.75) is 37.9 Å². The van der Waals surface area contributed by atoms with E-state index in [4.69, 9.17) is 0 Å². The molecule has 0 spiro atoms. The Hall–Kier alpha value is -0.510. The molecular formula is C15H22N2S. The molecule has 1 atom stereocenters. The van der Waals surface area contributed by atoms with Crippen LogP contribution in [0.4, 0.5) is 0 Å². The Morgan fingerprint density at radius 2 is 1.94 bits per heavy atom. The smallest absolute Gasteiger partial charge is 0.0337 e. The maximum Gasteiger partial charge on any atom is 0.0337 e. The van der Waals surface area contributed by atoms with Gasteiger partial charge < -0.3 is 10.6 Å². The van der Waals surface area contributed by atoms with Gasteiger partial charge in [-0.15, -0.1) is 0 Å². The summed E-state index contributed by atoms with van der Waals surface area (Å²) in [7, 11) is 0. The average molecular weight is 262 g/mol. The normalized spacial score (nSPS) is 25.4. The van der Waals surface area contributed by atoms with Gasteiger partial charge >= 0.3 is 0 Å². The number of nitrogens with one attached hydrogen (secondary N) is 2. The van der Waals surface area contributed by atoms with Gasteiger partial charge in [-0.2, -0.15) is 11.8 Å². The van der Waals surface area contributed by atoms with Crippen molar-refractivity contribution in [2.75, 3.05) is 18.1 Å². The van der Waals surface area contributed by atoms with Gasteiger partial charge in [0.05, 0.1) is 0 Å². The van der Waals surface area contributed by atoms with Crippen LogP contribution in [0.3, 0.4) is 0 Å². The van der Waals surface area contributed by atoms with E-state index in [9.17, 15) is 0 Å². The number of rotatable bonds is 2. The lowest BCUT2D eigenvalue weighted by Gasteiger charge is -2.28. The summed E-state index contributed by atoms with van der Waals surface area (Å²) in [4.78, 5) is 0. The van der Waals surface area contributed by atoms with Crippen LogP contribution < -0.4 is 10.6 Å². The summed E-state index contributed by atoms with van der Waals surface area (Å²) in [5.41, 5.74) is 2.98. The van der Waals surface area contributed by atoms with Crippen LogP contribution in [-0.4, -0.2) is 24.1 Å². The van der Waals surface area contributed by atoms with E-state index in [0.717, 1.165) is 19.1 Å². The van der Waals surface area contributed by atoms with E-state index in [-0.39, 0.29) is 0 Å². The van der Waals surface area contributed by atoms with Gasteiger partial charge in [0.15, 0.2) is 0 Å². The number of hydrogen-bond acceptors (Lipinski definition) is 3. The first kappa shape index (κ1) is 12.5. The van der Waals surface area contributed by atoms with Crippen LogP contribution in [0, 0.1) is 0 Å². The third-order valence-electron chi connectivity index (χ3n) is 4.01. The fourth-order valence-electron chi connectivity index (χ4n) is 2.98. The highest BCUT2D eigenvalue weighted by Crippen LogP contribution is 2.26. The van der Waals surface area contributed by atoms with E-state index >= 15 is 0 Å². The highest BCUT2D eigenvalue weighted by atomic mass is 32.2. The van der Waals surface area contributed by atoms with Gasteiger partial charge in [0.25, 0.3) is 0 Å². The maximum absolute atomic E-state index is 3.90. The van der Waals surface area contributed by atoms with Gasteiger partial charge in [0, 0.05) is 18.6 Å². The fourth-order valence-corrected chi connectivity index (χ4v) is 4.09. The van der Waals surface area contributed by atoms with Crippen molar-refractivity contribution in [2.24, 2.45) is 0 Å². The van der Waals surface area contributed by atoms with Gasteiger partial charge in [-0.1, -0.05) is 24.3 Å². The molecule has 0 bridgehead atoms. The molecular weight excluding hydrogens is 240 g/mol. The molecule has 0 aliphatic carbocycles. The van der Waals surface area contributed by atoms with E-state index in [2.05, 4.69) is 46.7 Å². The van der Waals surface area contributed by atoms with Crippen LogP contribution in [0.15, 0.2) is 24.3 Å². The van der Waals surface area contributed by atoms with Gasteiger partial charge in [-0.3, -0.25) is 0 Å². The predicted octanol–water partition coefficient (Wildman–Crippen LogP) is 2.71. The topological polar surface area (TPSA) is 24.1 Å². The molecule has 0 amide bonds. The summed E-state index contributed by atoms with van der Waals surface area (Å²) >= 11 is 2.10. The first-order valence-corrected chi connectivity index (χ1v) is 8.21. The van der Waals surface area contributed by atoms with E-state index in [1.54, 1.807) is 0 Å². The maximum atomic E-state index is 3.90. The number of thioether (sulfide) groups is 1. The van der Waals surface area contributed by atoms with Crippen molar-refractivity contribution in [3.63, 3.8) is 0 Å². The third-order valence-corrected chi connectivity index (χ3v) is 5.06. The van der Waals surface area contributed by atoms with Crippen molar-refractivity contribution >= 4 is 11.8 Å². The molecule has 1 saturated heterocycles. The molecule has 18 heavy (non-hydrogen) atoms. The van der Waals surface area contributed by atoms with Gasteiger partial charge in [0.1, 0.15) is 0 Å². The minimum absolute atomic E-state index is 0.546. The molecule has 3 heteroatoms. The second-order valence-corrected chi connectivity index (χ2v) is 6.49. The Labute approximate surface area is 114 Å². The van der Waals surface area contributed by atoms with Crippen molar-refractivity contribution in [1.29, 1.82) is 0 Å². The summed E-state index contributed by atoms with van der Waals surface area (Å²) in [5, 5.41) is 7.43. The van der Waals surface area contributed by atoms with Crippen LogP contribution in [0.5, 0.6) is 0 Å². The van der Waals surface area contributed by atoms with Crippen LogP contribution in [0.2, 0.25) is 0 Å². The quantitative estimate of drug-likeness (QED) is 0.857. The fraction of sp³-hybridized carbons (Fsp3) is 0.600. The first-order chi connectivity index (χ1) is 8.93. The zero-order chi connectivity index (χ0) is 12.2. The highest BCUT2D eigenvalue weighted by Gasteiger charge is 2.22. The van der Waals surface area contributed by atoms with Crippen LogP contribution in [-0.2, 0) is 6.54 Å². The van der Waals surface area contributed by atoms with E-state index in [0.29, 0.717) is 6.04 Å². The van der Waals surface area contributed by atoms with Crippen molar-refractivity contribution in [3.05, 3.63) is 35.4 Å². The van der Waals surface area contributed by atoms with E-state index < -0.39 is 0 Å². The lowest BCUT2D eigenvalue weighted by atomic mass is 9.97. The van der Waals surface area contributed by atoms with Crippen molar-refractivity contribution < 1.29 is 0 Å². The predicted molar refractivity (Wildman–Crippen MR) is 79.0 cm³/mol. The van der Waals surface area contributed by atoms with Gasteiger partial charge in [0.2, 0.25) is 0 Å². The van der Waals surface area contributed by atoms with E-state index in [1.165, 1.54) is 41.9 Å². The lowest BCUT2D eigenvalue weighted by molar-refractivity contribution is 0.398. The number of fused-ring (bicyclic) bond motifs is 1. The number of benzene rings is 1. The van der Waals surface area contributed by atoms with Crippen molar-refractivity contribution in [3.8, 4) is 0 Å². The molecule has 1 fully saturated rings. The largest absolute Gasteiger partial charge is 0.313 e. The summed E-state index contributed by atoms with van der Waals surface area (Å²) in [6.07, 6.45) is 3.87.